The lowest BCUT2D eigenvalue weighted by Gasteiger charge is -2.20. The van der Waals surface area contributed by atoms with Gasteiger partial charge in [0.15, 0.2) is 0 Å². The van der Waals surface area contributed by atoms with E-state index in [-0.39, 0.29) is 0 Å². The first-order valence-corrected chi connectivity index (χ1v) is 18.7. The zero-order valence-electron chi connectivity index (χ0n) is 30.0. The SMILES string of the molecule is Cc1cc(-c2cc(-c3ccccc3)cc(-c3ccccc3)c2)ccc1-c1c2ccccc2c(-c2ccc3c(c2)C(C)c2ccccc2-3)c2ccccc12. The Morgan fingerprint density at radius 2 is 0.755 bits per heavy atom. The van der Waals surface area contributed by atoms with Crippen molar-refractivity contribution >= 4 is 21.5 Å². The standard InChI is InChI=1S/C53H38/c1-34-29-38(42-31-40(36-15-5-3-6-16-36)30-41(32-42)37-17-7-4-8-18-37)25-27-43(34)53-49-23-13-11-21-47(49)52(48-22-12-14-24-50(48)53)39-26-28-46-45-20-10-9-19-44(45)35(2)51(46)33-39/h3-33,35H,1-2H3. The van der Waals surface area contributed by atoms with Gasteiger partial charge in [0.1, 0.15) is 0 Å². The molecule has 9 aromatic rings. The number of fused-ring (bicyclic) bond motifs is 5. The van der Waals surface area contributed by atoms with E-state index >= 15 is 0 Å². The van der Waals surface area contributed by atoms with E-state index < -0.39 is 0 Å². The summed E-state index contributed by atoms with van der Waals surface area (Å²) in [6.07, 6.45) is 0. The van der Waals surface area contributed by atoms with Crippen LogP contribution in [0, 0.1) is 6.92 Å². The van der Waals surface area contributed by atoms with E-state index in [9.17, 15) is 0 Å². The van der Waals surface area contributed by atoms with Crippen LogP contribution in [0.4, 0.5) is 0 Å². The minimum absolute atomic E-state index is 0.372. The average molecular weight is 675 g/mol. The molecule has 0 spiro atoms. The number of aryl methyl sites for hydroxylation is 1. The normalized spacial score (nSPS) is 13.3. The van der Waals surface area contributed by atoms with E-state index in [2.05, 4.69) is 202 Å². The van der Waals surface area contributed by atoms with Gasteiger partial charge in [-0.25, -0.2) is 0 Å². The molecule has 0 saturated carbocycles. The molecule has 0 aliphatic heterocycles. The first-order chi connectivity index (χ1) is 26.1. The Hall–Kier alpha value is -6.50. The molecule has 53 heavy (non-hydrogen) atoms. The third-order valence-corrected chi connectivity index (χ3v) is 11.4. The van der Waals surface area contributed by atoms with Crippen LogP contribution in [0.25, 0.3) is 88.3 Å². The fourth-order valence-electron chi connectivity index (χ4n) is 8.85. The third kappa shape index (κ3) is 5.21. The molecule has 0 aromatic heterocycles. The zero-order chi connectivity index (χ0) is 35.5. The van der Waals surface area contributed by atoms with Crippen LogP contribution >= 0.6 is 0 Å². The summed E-state index contributed by atoms with van der Waals surface area (Å²) in [5.41, 5.74) is 19.3. The molecule has 10 rings (SSSR count). The van der Waals surface area contributed by atoms with Gasteiger partial charge in [-0.3, -0.25) is 0 Å². The van der Waals surface area contributed by atoms with Crippen molar-refractivity contribution in [2.24, 2.45) is 0 Å². The average Bonchev–Trinajstić information content (AvgIpc) is 3.51. The molecule has 1 unspecified atom stereocenters. The molecular formula is C53H38. The van der Waals surface area contributed by atoms with Crippen LogP contribution in [-0.4, -0.2) is 0 Å². The van der Waals surface area contributed by atoms with Crippen LogP contribution in [-0.2, 0) is 0 Å². The van der Waals surface area contributed by atoms with Crippen molar-refractivity contribution in [1.29, 1.82) is 0 Å². The van der Waals surface area contributed by atoms with Crippen LogP contribution in [0.2, 0.25) is 0 Å². The maximum Gasteiger partial charge on any atom is 0.00735 e. The second kappa shape index (κ2) is 12.6. The van der Waals surface area contributed by atoms with Crippen LogP contribution in [0.3, 0.4) is 0 Å². The van der Waals surface area contributed by atoms with Crippen molar-refractivity contribution in [3.05, 3.63) is 205 Å². The van der Waals surface area contributed by atoms with Crippen molar-refractivity contribution in [2.45, 2.75) is 19.8 Å². The molecule has 1 atom stereocenters. The van der Waals surface area contributed by atoms with Gasteiger partial charge in [-0.1, -0.05) is 171 Å². The summed E-state index contributed by atoms with van der Waals surface area (Å²) < 4.78 is 0. The highest BCUT2D eigenvalue weighted by Gasteiger charge is 2.26. The Kier molecular flexibility index (Phi) is 7.44. The molecule has 0 N–H and O–H groups in total. The van der Waals surface area contributed by atoms with Crippen LogP contribution < -0.4 is 0 Å². The summed E-state index contributed by atoms with van der Waals surface area (Å²) >= 11 is 0. The first kappa shape index (κ1) is 31.3. The predicted octanol–water partition coefficient (Wildman–Crippen LogP) is 14.8. The smallest absolute Gasteiger partial charge is 0.00735 e. The molecule has 0 radical (unpaired) electrons. The van der Waals surface area contributed by atoms with Crippen molar-refractivity contribution < 1.29 is 0 Å². The second-order valence-electron chi connectivity index (χ2n) is 14.5. The van der Waals surface area contributed by atoms with Gasteiger partial charge in [0.05, 0.1) is 0 Å². The molecular weight excluding hydrogens is 637 g/mol. The van der Waals surface area contributed by atoms with Gasteiger partial charge in [-0.05, 0) is 136 Å². The van der Waals surface area contributed by atoms with Gasteiger partial charge in [0.25, 0.3) is 0 Å². The van der Waals surface area contributed by atoms with Crippen LogP contribution in [0.5, 0.6) is 0 Å². The first-order valence-electron chi connectivity index (χ1n) is 18.7. The Morgan fingerprint density at radius 3 is 1.34 bits per heavy atom. The molecule has 9 aromatic carbocycles. The fourth-order valence-corrected chi connectivity index (χ4v) is 8.85. The van der Waals surface area contributed by atoms with E-state index in [4.69, 9.17) is 0 Å². The topological polar surface area (TPSA) is 0 Å². The van der Waals surface area contributed by atoms with Gasteiger partial charge >= 0.3 is 0 Å². The van der Waals surface area contributed by atoms with E-state index in [0.717, 1.165) is 0 Å². The van der Waals surface area contributed by atoms with E-state index in [1.807, 2.05) is 0 Å². The van der Waals surface area contributed by atoms with Gasteiger partial charge in [-0.15, -0.1) is 0 Å². The summed E-state index contributed by atoms with van der Waals surface area (Å²) in [6, 6.07) is 69.5. The lowest BCUT2D eigenvalue weighted by Crippen LogP contribution is -1.94. The van der Waals surface area contributed by atoms with Gasteiger partial charge in [0.2, 0.25) is 0 Å². The summed E-state index contributed by atoms with van der Waals surface area (Å²) in [4.78, 5) is 0. The van der Waals surface area contributed by atoms with Gasteiger partial charge in [0, 0.05) is 5.92 Å². The Labute approximate surface area is 311 Å². The van der Waals surface area contributed by atoms with Crippen molar-refractivity contribution in [3.8, 4) is 66.8 Å². The molecule has 0 nitrogen and oxygen atoms in total. The monoisotopic (exact) mass is 674 g/mol. The fraction of sp³-hybridized carbons (Fsp3) is 0.0566. The maximum absolute atomic E-state index is 2.46. The largest absolute Gasteiger partial charge is 0.0622 e. The highest BCUT2D eigenvalue weighted by Crippen LogP contribution is 2.49. The minimum Gasteiger partial charge on any atom is -0.0622 e. The van der Waals surface area contributed by atoms with E-state index in [0.29, 0.717) is 5.92 Å². The molecule has 0 saturated heterocycles. The molecule has 0 fully saturated rings. The second-order valence-corrected chi connectivity index (χ2v) is 14.5. The molecule has 250 valence electrons. The lowest BCUT2D eigenvalue weighted by molar-refractivity contribution is 0.957. The molecule has 0 heteroatoms. The molecule has 1 aliphatic rings. The number of hydrogen-bond acceptors (Lipinski definition) is 0. The maximum atomic E-state index is 2.46. The van der Waals surface area contributed by atoms with E-state index in [1.165, 1.54) is 105 Å². The predicted molar refractivity (Wildman–Crippen MR) is 226 cm³/mol. The van der Waals surface area contributed by atoms with Crippen molar-refractivity contribution in [1.82, 2.24) is 0 Å². The third-order valence-electron chi connectivity index (χ3n) is 11.4. The molecule has 1 aliphatic carbocycles. The highest BCUT2D eigenvalue weighted by atomic mass is 14.3. The molecule has 0 amide bonds. The van der Waals surface area contributed by atoms with Crippen LogP contribution in [0.1, 0.15) is 29.5 Å². The number of rotatable bonds is 5. The minimum atomic E-state index is 0.372. The summed E-state index contributed by atoms with van der Waals surface area (Å²) in [5, 5.41) is 5.14. The number of hydrogen-bond donors (Lipinski definition) is 0. The van der Waals surface area contributed by atoms with Crippen LogP contribution in [0.15, 0.2) is 188 Å². The van der Waals surface area contributed by atoms with Crippen molar-refractivity contribution in [3.63, 3.8) is 0 Å². The zero-order valence-corrected chi connectivity index (χ0v) is 30.0. The van der Waals surface area contributed by atoms with Gasteiger partial charge < -0.3 is 0 Å². The Balaban J connectivity index is 1.14. The Bertz CT molecular complexity index is 2730. The number of benzene rings is 9. The summed E-state index contributed by atoms with van der Waals surface area (Å²) in [7, 11) is 0. The molecule has 0 heterocycles. The van der Waals surface area contributed by atoms with E-state index in [1.54, 1.807) is 0 Å². The highest BCUT2D eigenvalue weighted by molar-refractivity contribution is 6.21. The van der Waals surface area contributed by atoms with Crippen molar-refractivity contribution in [2.75, 3.05) is 0 Å². The summed E-state index contributed by atoms with van der Waals surface area (Å²) in [6.45, 7) is 4.62. The quantitative estimate of drug-likeness (QED) is 0.159. The van der Waals surface area contributed by atoms with Gasteiger partial charge in [-0.2, -0.15) is 0 Å². The summed E-state index contributed by atoms with van der Waals surface area (Å²) in [5.74, 6) is 0.372. The lowest BCUT2D eigenvalue weighted by atomic mass is 9.83. The molecule has 0 bridgehead atoms. The Morgan fingerprint density at radius 1 is 0.302 bits per heavy atom.